The number of halogens is 4. The SMILES string of the molecule is Nc1cc(F)c(Cl)cc1Nc1cc(Cl)cc(Cl)c1. The molecule has 2 rings (SSSR count). The van der Waals surface area contributed by atoms with Gasteiger partial charge in [0.15, 0.2) is 0 Å². The predicted molar refractivity (Wildman–Crippen MR) is 75.6 cm³/mol. The molecule has 0 fully saturated rings. The van der Waals surface area contributed by atoms with Crippen LogP contribution in [0.15, 0.2) is 30.3 Å². The Morgan fingerprint density at radius 3 is 2.17 bits per heavy atom. The molecular weight excluding hydrogens is 298 g/mol. The molecule has 0 bridgehead atoms. The van der Waals surface area contributed by atoms with Crippen LogP contribution in [0.3, 0.4) is 0 Å². The van der Waals surface area contributed by atoms with Gasteiger partial charge in [-0.05, 0) is 24.3 Å². The van der Waals surface area contributed by atoms with Crippen LogP contribution in [0.1, 0.15) is 0 Å². The molecule has 6 heteroatoms. The van der Waals surface area contributed by atoms with E-state index in [9.17, 15) is 4.39 Å². The zero-order valence-electron chi connectivity index (χ0n) is 8.98. The van der Waals surface area contributed by atoms with Crippen LogP contribution in [0.25, 0.3) is 0 Å². The molecule has 3 N–H and O–H groups in total. The van der Waals surface area contributed by atoms with Crippen molar-refractivity contribution in [2.75, 3.05) is 11.1 Å². The fraction of sp³-hybridized carbons (Fsp3) is 0. The van der Waals surface area contributed by atoms with E-state index in [0.29, 0.717) is 21.4 Å². The number of hydrogen-bond acceptors (Lipinski definition) is 2. The highest BCUT2D eigenvalue weighted by molar-refractivity contribution is 6.35. The molecule has 0 unspecified atom stereocenters. The van der Waals surface area contributed by atoms with Crippen LogP contribution in [0.4, 0.5) is 21.5 Å². The van der Waals surface area contributed by atoms with Gasteiger partial charge in [-0.3, -0.25) is 0 Å². The first-order valence-corrected chi connectivity index (χ1v) is 6.07. The summed E-state index contributed by atoms with van der Waals surface area (Å²) in [6.07, 6.45) is 0. The first-order valence-electron chi connectivity index (χ1n) is 4.93. The molecule has 0 aromatic heterocycles. The number of hydrogen-bond donors (Lipinski definition) is 2. The lowest BCUT2D eigenvalue weighted by atomic mass is 10.2. The molecule has 0 aliphatic heterocycles. The van der Waals surface area contributed by atoms with Crippen molar-refractivity contribution in [3.05, 3.63) is 51.2 Å². The monoisotopic (exact) mass is 304 g/mol. The second-order valence-corrected chi connectivity index (χ2v) is 4.92. The van der Waals surface area contributed by atoms with E-state index < -0.39 is 5.82 Å². The first kappa shape index (κ1) is 13.3. The minimum Gasteiger partial charge on any atom is -0.397 e. The summed E-state index contributed by atoms with van der Waals surface area (Å²) in [7, 11) is 0. The summed E-state index contributed by atoms with van der Waals surface area (Å²) in [6.45, 7) is 0. The van der Waals surface area contributed by atoms with Gasteiger partial charge in [-0.1, -0.05) is 34.8 Å². The van der Waals surface area contributed by atoms with Gasteiger partial charge in [0, 0.05) is 21.8 Å². The van der Waals surface area contributed by atoms with Gasteiger partial charge in [0.2, 0.25) is 0 Å². The van der Waals surface area contributed by atoms with Gasteiger partial charge in [-0.2, -0.15) is 0 Å². The molecule has 2 nitrogen and oxygen atoms in total. The van der Waals surface area contributed by atoms with Crippen LogP contribution in [0.2, 0.25) is 15.1 Å². The summed E-state index contributed by atoms with van der Waals surface area (Å²) in [5.74, 6) is -0.566. The molecule has 0 spiro atoms. The lowest BCUT2D eigenvalue weighted by molar-refractivity contribution is 0.629. The van der Waals surface area contributed by atoms with E-state index in [1.807, 2.05) is 0 Å². The molecule has 0 aliphatic carbocycles. The third kappa shape index (κ3) is 2.99. The molecule has 0 heterocycles. The second-order valence-electron chi connectivity index (χ2n) is 3.64. The van der Waals surface area contributed by atoms with Crippen molar-refractivity contribution in [2.45, 2.75) is 0 Å². The Balaban J connectivity index is 2.36. The molecule has 0 aliphatic rings. The van der Waals surface area contributed by atoms with E-state index >= 15 is 0 Å². The van der Waals surface area contributed by atoms with Crippen LogP contribution >= 0.6 is 34.8 Å². The Morgan fingerprint density at radius 2 is 1.56 bits per heavy atom. The number of nitrogens with one attached hydrogen (secondary N) is 1. The smallest absolute Gasteiger partial charge is 0.143 e. The average Bonchev–Trinajstić information content (AvgIpc) is 2.24. The Bertz CT molecular complexity index is 582. The molecule has 2 aromatic rings. The molecule has 18 heavy (non-hydrogen) atoms. The van der Waals surface area contributed by atoms with Crippen LogP contribution < -0.4 is 11.1 Å². The topological polar surface area (TPSA) is 38.0 Å². The van der Waals surface area contributed by atoms with E-state index in [1.54, 1.807) is 18.2 Å². The van der Waals surface area contributed by atoms with Crippen molar-refractivity contribution in [1.82, 2.24) is 0 Å². The summed E-state index contributed by atoms with van der Waals surface area (Å²) in [5.41, 5.74) is 7.06. The van der Waals surface area contributed by atoms with E-state index in [-0.39, 0.29) is 10.7 Å². The highest BCUT2D eigenvalue weighted by Gasteiger charge is 2.07. The summed E-state index contributed by atoms with van der Waals surface area (Å²) in [6, 6.07) is 7.50. The zero-order chi connectivity index (χ0) is 13.3. The third-order valence-electron chi connectivity index (χ3n) is 2.23. The van der Waals surface area contributed by atoms with Crippen LogP contribution in [0.5, 0.6) is 0 Å². The quantitative estimate of drug-likeness (QED) is 0.756. The fourth-order valence-electron chi connectivity index (χ4n) is 1.45. The van der Waals surface area contributed by atoms with E-state index in [2.05, 4.69) is 5.32 Å². The van der Waals surface area contributed by atoms with E-state index in [4.69, 9.17) is 40.5 Å². The maximum Gasteiger partial charge on any atom is 0.143 e. The van der Waals surface area contributed by atoms with E-state index in [1.165, 1.54) is 6.07 Å². The van der Waals surface area contributed by atoms with Gasteiger partial charge >= 0.3 is 0 Å². The number of benzene rings is 2. The normalized spacial score (nSPS) is 10.4. The minimum atomic E-state index is -0.566. The zero-order valence-corrected chi connectivity index (χ0v) is 11.2. The lowest BCUT2D eigenvalue weighted by Crippen LogP contribution is -1.97. The maximum atomic E-state index is 13.1. The summed E-state index contributed by atoms with van der Waals surface area (Å²) >= 11 is 17.4. The molecule has 94 valence electrons. The van der Waals surface area contributed by atoms with Crippen molar-refractivity contribution in [3.8, 4) is 0 Å². The van der Waals surface area contributed by atoms with Crippen LogP contribution in [-0.2, 0) is 0 Å². The van der Waals surface area contributed by atoms with Gasteiger partial charge in [0.1, 0.15) is 5.82 Å². The molecule has 0 atom stereocenters. The second kappa shape index (κ2) is 5.22. The number of rotatable bonds is 2. The van der Waals surface area contributed by atoms with Gasteiger partial charge in [-0.25, -0.2) is 4.39 Å². The van der Waals surface area contributed by atoms with Gasteiger partial charge < -0.3 is 11.1 Å². The van der Waals surface area contributed by atoms with Crippen LogP contribution in [-0.4, -0.2) is 0 Å². The average molecular weight is 306 g/mol. The molecular formula is C12H8Cl3FN2. The van der Waals surface area contributed by atoms with Gasteiger partial charge in [-0.15, -0.1) is 0 Å². The number of nitrogens with two attached hydrogens (primary N) is 1. The first-order chi connectivity index (χ1) is 8.45. The minimum absolute atomic E-state index is 0.0141. The predicted octanol–water partition coefficient (Wildman–Crippen LogP) is 5.11. The Labute approximate surface area is 118 Å². The van der Waals surface area contributed by atoms with Gasteiger partial charge in [0.05, 0.1) is 16.4 Å². The van der Waals surface area contributed by atoms with Crippen molar-refractivity contribution in [2.24, 2.45) is 0 Å². The van der Waals surface area contributed by atoms with Gasteiger partial charge in [0.25, 0.3) is 0 Å². The van der Waals surface area contributed by atoms with Crippen LogP contribution in [0, 0.1) is 5.82 Å². The highest BCUT2D eigenvalue weighted by atomic mass is 35.5. The molecule has 0 saturated carbocycles. The number of nitrogen functional groups attached to an aromatic ring is 1. The summed E-state index contributed by atoms with van der Waals surface area (Å²) < 4.78 is 13.1. The van der Waals surface area contributed by atoms with Crippen molar-refractivity contribution < 1.29 is 4.39 Å². The fourth-order valence-corrected chi connectivity index (χ4v) is 2.14. The number of anilines is 3. The largest absolute Gasteiger partial charge is 0.397 e. The lowest BCUT2D eigenvalue weighted by Gasteiger charge is -2.11. The summed E-state index contributed by atoms with van der Waals surface area (Å²) in [5, 5.41) is 3.93. The van der Waals surface area contributed by atoms with Crippen molar-refractivity contribution >= 4 is 51.9 Å². The summed E-state index contributed by atoms with van der Waals surface area (Å²) in [4.78, 5) is 0. The Morgan fingerprint density at radius 1 is 0.944 bits per heavy atom. The Kier molecular flexibility index (Phi) is 3.85. The molecule has 0 saturated heterocycles. The molecule has 0 amide bonds. The standard InChI is InChI=1S/C12H8Cl3FN2/c13-6-1-7(14)3-8(2-6)18-12-4-9(15)10(16)5-11(12)17/h1-5,18H,17H2. The van der Waals surface area contributed by atoms with E-state index in [0.717, 1.165) is 6.07 Å². The van der Waals surface area contributed by atoms with Crippen molar-refractivity contribution in [1.29, 1.82) is 0 Å². The molecule has 2 aromatic carbocycles. The Hall–Kier alpha value is -1.16. The third-order valence-corrected chi connectivity index (χ3v) is 2.96. The molecule has 0 radical (unpaired) electrons. The maximum absolute atomic E-state index is 13.1. The van der Waals surface area contributed by atoms with Crippen molar-refractivity contribution in [3.63, 3.8) is 0 Å². The highest BCUT2D eigenvalue weighted by Crippen LogP contribution is 2.31.